The van der Waals surface area contributed by atoms with Crippen molar-refractivity contribution in [2.75, 3.05) is 27.8 Å². The lowest BCUT2D eigenvalue weighted by molar-refractivity contribution is -0.152. The van der Waals surface area contributed by atoms with Crippen molar-refractivity contribution in [1.82, 2.24) is 0 Å². The highest BCUT2D eigenvalue weighted by Gasteiger charge is 2.45. The maximum Gasteiger partial charge on any atom is 0.387 e. The van der Waals surface area contributed by atoms with E-state index in [-0.39, 0.29) is 82.9 Å². The van der Waals surface area contributed by atoms with Crippen LogP contribution >= 0.6 is 0 Å². The highest BCUT2D eigenvalue weighted by atomic mass is 19.3. The molecule has 2 fully saturated rings. The van der Waals surface area contributed by atoms with E-state index in [0.29, 0.717) is 6.42 Å². The number of rotatable bonds is 10. The van der Waals surface area contributed by atoms with E-state index in [9.17, 15) is 37.1 Å². The molecule has 6 rings (SSSR count). The van der Waals surface area contributed by atoms with Gasteiger partial charge in [0.2, 0.25) is 0 Å². The maximum atomic E-state index is 13.2. The summed E-state index contributed by atoms with van der Waals surface area (Å²) in [6.07, 6.45) is 8.79. The molecule has 0 aromatic heterocycles. The van der Waals surface area contributed by atoms with Gasteiger partial charge in [-0.1, -0.05) is 56.4 Å². The predicted octanol–water partition coefficient (Wildman–Crippen LogP) is 8.82. The van der Waals surface area contributed by atoms with E-state index < -0.39 is 79.5 Å². The largest absolute Gasteiger partial charge is 0.466 e. The van der Waals surface area contributed by atoms with Gasteiger partial charge in [0.25, 0.3) is 0 Å². The van der Waals surface area contributed by atoms with Gasteiger partial charge >= 0.3 is 25.2 Å². The number of hydrogen-bond donors (Lipinski definition) is 1. The number of hydrogen-bond acceptors (Lipinski definition) is 16. The fraction of sp³-hybridized carbons (Fsp3) is 0.540. The smallest absolute Gasteiger partial charge is 0.387 e. The molecule has 70 heavy (non-hydrogen) atoms. The molecule has 4 heterocycles. The quantitative estimate of drug-likeness (QED) is 0.103. The lowest BCUT2D eigenvalue weighted by Gasteiger charge is -2.23. The first-order chi connectivity index (χ1) is 33.0. The van der Waals surface area contributed by atoms with Crippen LogP contribution in [0.3, 0.4) is 0 Å². The van der Waals surface area contributed by atoms with Gasteiger partial charge in [-0.05, 0) is 83.7 Å². The molecule has 0 spiro atoms. The number of esters is 2. The fourth-order valence-corrected chi connectivity index (χ4v) is 7.70. The summed E-state index contributed by atoms with van der Waals surface area (Å²) in [5.74, 6) is -4.59. The first-order valence-corrected chi connectivity index (χ1v) is 22.5. The minimum absolute atomic E-state index is 0.0213. The standard InChI is InChI=1S/C25H32F2O8.C25H30F2O8/c2*1-14-9-10-18(28)22-19(34-25(3,4)35-22)8-6-7-16-11-17(33-24(26)27)12-20(31-13-30-5)21(16)23(29)32-15(14)2/h6-7,9-12,14-15,18-19,22,24,28H,8,13H2,1-5H3;6-7,9-12,14-15,19,22,24H,8,13H2,1-5H3/b2*7-6+,10-9-/t14-,15+,18?,19+,22-;14-,15+,19+,22-/m11/s1. The van der Waals surface area contributed by atoms with Crippen LogP contribution in [0.15, 0.2) is 60.7 Å². The van der Waals surface area contributed by atoms with Crippen LogP contribution in [0, 0.1) is 11.8 Å². The normalized spacial score (nSPS) is 29.5. The van der Waals surface area contributed by atoms with E-state index in [4.69, 9.17) is 47.4 Å². The minimum Gasteiger partial charge on any atom is -0.466 e. The predicted molar refractivity (Wildman–Crippen MR) is 243 cm³/mol. The Kier molecular flexibility index (Phi) is 19.6. The second-order valence-electron chi connectivity index (χ2n) is 17.7. The van der Waals surface area contributed by atoms with Crippen LogP contribution in [0.5, 0.6) is 23.0 Å². The SMILES string of the molecule is COCOc1cc(OC(F)F)cc2c1C(=O)O[C@@H](C)[C@H](C)/C=C\C(=O)[C@H]1OC(C)(C)O[C@H]1C/C=C/2.COCOc1cc(OC(F)F)cc2c1C(=O)O[C@@H](C)[C@H](C)/C=C\C(O)[C@H]1OC(C)(C)O[C@H]1C/C=C/2. The molecule has 20 heteroatoms. The van der Waals surface area contributed by atoms with Crippen molar-refractivity contribution < 1.29 is 93.9 Å². The second-order valence-corrected chi connectivity index (χ2v) is 17.7. The zero-order chi connectivity index (χ0) is 51.5. The summed E-state index contributed by atoms with van der Waals surface area (Å²) in [6.45, 7) is 7.37. The van der Waals surface area contributed by atoms with Gasteiger partial charge in [-0.2, -0.15) is 17.6 Å². The number of methoxy groups -OCH3 is 2. The summed E-state index contributed by atoms with van der Waals surface area (Å²) >= 11 is 0. The van der Waals surface area contributed by atoms with Crippen LogP contribution in [0.2, 0.25) is 0 Å². The third kappa shape index (κ3) is 15.3. The van der Waals surface area contributed by atoms with Crippen LogP contribution in [-0.2, 0) is 42.7 Å². The van der Waals surface area contributed by atoms with Gasteiger partial charge < -0.3 is 61.9 Å². The van der Waals surface area contributed by atoms with E-state index in [1.807, 2.05) is 6.92 Å². The molecule has 0 bridgehead atoms. The van der Waals surface area contributed by atoms with Crippen molar-refractivity contribution in [3.8, 4) is 23.0 Å². The highest BCUT2D eigenvalue weighted by molar-refractivity contribution is 5.98. The highest BCUT2D eigenvalue weighted by Crippen LogP contribution is 2.37. The molecule has 4 aliphatic rings. The Balaban J connectivity index is 0.000000261. The molecule has 0 amide bonds. The number of benzene rings is 2. The van der Waals surface area contributed by atoms with E-state index in [2.05, 4.69) is 9.47 Å². The van der Waals surface area contributed by atoms with Crippen molar-refractivity contribution in [3.05, 3.63) is 83.0 Å². The van der Waals surface area contributed by atoms with E-state index in [0.717, 1.165) is 0 Å². The topological polar surface area (TPSA) is 182 Å². The molecule has 0 radical (unpaired) electrons. The van der Waals surface area contributed by atoms with Crippen LogP contribution in [0.4, 0.5) is 17.6 Å². The average molecular weight is 995 g/mol. The Morgan fingerprint density at radius 1 is 0.629 bits per heavy atom. The van der Waals surface area contributed by atoms with E-state index in [1.54, 1.807) is 91.0 Å². The lowest BCUT2D eigenvalue weighted by Crippen LogP contribution is -2.34. The molecule has 1 unspecified atom stereocenters. The monoisotopic (exact) mass is 994 g/mol. The van der Waals surface area contributed by atoms with Gasteiger partial charge in [0.05, 0.1) is 12.2 Å². The number of fused-ring (bicyclic) bond motifs is 4. The molecule has 16 nitrogen and oxygen atoms in total. The van der Waals surface area contributed by atoms with E-state index in [1.165, 1.54) is 44.6 Å². The summed E-state index contributed by atoms with van der Waals surface area (Å²) in [5.41, 5.74) is 0.548. The van der Waals surface area contributed by atoms with Crippen LogP contribution in [0.1, 0.15) is 100 Å². The number of alkyl halides is 4. The molecule has 2 saturated heterocycles. The first-order valence-electron chi connectivity index (χ1n) is 22.5. The molecule has 386 valence electrons. The third-order valence-corrected chi connectivity index (χ3v) is 11.3. The zero-order valence-electron chi connectivity index (χ0n) is 40.7. The summed E-state index contributed by atoms with van der Waals surface area (Å²) in [4.78, 5) is 39.2. The summed E-state index contributed by atoms with van der Waals surface area (Å²) in [6, 6.07) is 4.97. The first kappa shape index (κ1) is 55.6. The molecule has 0 aliphatic carbocycles. The van der Waals surface area contributed by atoms with Crippen molar-refractivity contribution in [2.24, 2.45) is 11.8 Å². The van der Waals surface area contributed by atoms with Gasteiger partial charge in [0.1, 0.15) is 64.6 Å². The lowest BCUT2D eigenvalue weighted by atomic mass is 9.99. The molecule has 4 aliphatic heterocycles. The van der Waals surface area contributed by atoms with Gasteiger partial charge in [-0.25, -0.2) is 9.59 Å². The van der Waals surface area contributed by atoms with Crippen LogP contribution in [-0.4, -0.2) is 118 Å². The molecular weight excluding hydrogens is 933 g/mol. The Morgan fingerprint density at radius 2 is 1.09 bits per heavy atom. The molecular formula is C50H62F4O16. The second kappa shape index (κ2) is 24.7. The number of aliphatic hydroxyl groups excluding tert-OH is 1. The fourth-order valence-electron chi connectivity index (χ4n) is 7.70. The third-order valence-electron chi connectivity index (χ3n) is 11.3. The Bertz CT molecular complexity index is 2240. The molecule has 0 saturated carbocycles. The van der Waals surface area contributed by atoms with Gasteiger partial charge in [0, 0.05) is 38.2 Å². The molecule has 2 aromatic rings. The number of halogens is 4. The van der Waals surface area contributed by atoms with Crippen molar-refractivity contribution in [2.45, 2.75) is 136 Å². The Labute approximate surface area is 404 Å². The van der Waals surface area contributed by atoms with Gasteiger partial charge in [0.15, 0.2) is 30.9 Å². The summed E-state index contributed by atoms with van der Waals surface area (Å²) < 4.78 is 117. The van der Waals surface area contributed by atoms with Crippen molar-refractivity contribution >= 4 is 29.9 Å². The van der Waals surface area contributed by atoms with Gasteiger partial charge in [-0.15, -0.1) is 0 Å². The molecule has 9 atom stereocenters. The average Bonchev–Trinajstić information content (AvgIpc) is 3.77. The number of cyclic esters (lactones) is 2. The number of carbonyl (C=O) groups is 3. The number of ketones is 1. The van der Waals surface area contributed by atoms with Crippen LogP contribution in [0.25, 0.3) is 12.2 Å². The summed E-state index contributed by atoms with van der Waals surface area (Å²) in [7, 11) is 2.78. The van der Waals surface area contributed by atoms with E-state index >= 15 is 0 Å². The summed E-state index contributed by atoms with van der Waals surface area (Å²) in [5, 5.41) is 10.7. The Hall–Kier alpha value is -5.35. The minimum atomic E-state index is -3.08. The van der Waals surface area contributed by atoms with Gasteiger partial charge in [-0.3, -0.25) is 4.79 Å². The number of ether oxygens (including phenoxy) is 12. The molecule has 2 aromatic carbocycles. The molecule has 1 N–H and O–H groups in total. The zero-order valence-corrected chi connectivity index (χ0v) is 40.7. The van der Waals surface area contributed by atoms with Crippen molar-refractivity contribution in [1.29, 1.82) is 0 Å². The maximum absolute atomic E-state index is 13.2. The van der Waals surface area contributed by atoms with Crippen LogP contribution < -0.4 is 18.9 Å². The van der Waals surface area contributed by atoms with Crippen molar-refractivity contribution in [3.63, 3.8) is 0 Å². The number of carbonyl (C=O) groups excluding carboxylic acids is 3. The number of aliphatic hydroxyl groups is 1. The Morgan fingerprint density at radius 3 is 1.57 bits per heavy atom.